The summed E-state index contributed by atoms with van der Waals surface area (Å²) in [7, 11) is 0. The summed E-state index contributed by atoms with van der Waals surface area (Å²) >= 11 is 5.88. The van der Waals surface area contributed by atoms with Crippen LogP contribution in [0.25, 0.3) is 11.3 Å². The summed E-state index contributed by atoms with van der Waals surface area (Å²) in [5, 5.41) is 16.3. The molecule has 0 amide bonds. The zero-order chi connectivity index (χ0) is 17.0. The van der Waals surface area contributed by atoms with E-state index < -0.39 is 12.7 Å². The minimum Gasteiger partial charge on any atom is -0.396 e. The Kier molecular flexibility index (Phi) is 5.48. The van der Waals surface area contributed by atoms with Crippen LogP contribution in [-0.4, -0.2) is 38.7 Å². The van der Waals surface area contributed by atoms with Crippen LogP contribution in [0, 0.1) is 0 Å². The van der Waals surface area contributed by atoms with Gasteiger partial charge in [-0.05, 0) is 25.5 Å². The Bertz CT molecular complexity index is 660. The molecule has 0 bridgehead atoms. The molecule has 0 spiro atoms. The normalized spacial score (nSPS) is 13.1. The Balaban J connectivity index is 2.28. The van der Waals surface area contributed by atoms with Crippen molar-refractivity contribution in [3.8, 4) is 11.3 Å². The van der Waals surface area contributed by atoms with Crippen LogP contribution in [0.3, 0.4) is 0 Å². The lowest BCUT2D eigenvalue weighted by molar-refractivity contribution is -0.142. The lowest BCUT2D eigenvalue weighted by atomic mass is 10.1. The summed E-state index contributed by atoms with van der Waals surface area (Å²) in [6.07, 6.45) is -1.10. The molecule has 2 heterocycles. The molecule has 2 N–H and O–H groups in total. The predicted molar refractivity (Wildman–Crippen MR) is 81.3 cm³/mol. The first-order valence-corrected chi connectivity index (χ1v) is 7.30. The van der Waals surface area contributed by atoms with Crippen molar-refractivity contribution in [3.05, 3.63) is 29.7 Å². The summed E-state index contributed by atoms with van der Waals surface area (Å²) in [6.45, 7) is 0.733. The van der Waals surface area contributed by atoms with Crippen molar-refractivity contribution >= 4 is 17.3 Å². The van der Waals surface area contributed by atoms with Gasteiger partial charge in [0.1, 0.15) is 11.7 Å². The fourth-order valence-electron chi connectivity index (χ4n) is 2.06. The first kappa shape index (κ1) is 17.6. The van der Waals surface area contributed by atoms with Gasteiger partial charge in [-0.25, -0.2) is 4.98 Å². The molecule has 2 aromatic rings. The highest BCUT2D eigenvalue weighted by atomic mass is 35.5. The topological polar surface area (TPSA) is 63.0 Å². The van der Waals surface area contributed by atoms with Gasteiger partial charge in [0, 0.05) is 36.3 Å². The van der Waals surface area contributed by atoms with Crippen molar-refractivity contribution in [1.82, 2.24) is 14.8 Å². The largest absolute Gasteiger partial charge is 0.408 e. The second-order valence-electron chi connectivity index (χ2n) is 5.12. The van der Waals surface area contributed by atoms with Crippen molar-refractivity contribution in [2.24, 2.45) is 0 Å². The fraction of sp³-hybridized carbons (Fsp3) is 0.429. The van der Waals surface area contributed by atoms with E-state index in [2.05, 4.69) is 15.4 Å². The van der Waals surface area contributed by atoms with E-state index in [1.165, 1.54) is 18.5 Å². The fourth-order valence-corrected chi connectivity index (χ4v) is 2.22. The number of anilines is 1. The number of hydrogen-bond donors (Lipinski definition) is 2. The minimum atomic E-state index is -4.34. The molecule has 0 saturated carbocycles. The van der Waals surface area contributed by atoms with E-state index in [1.807, 2.05) is 6.92 Å². The van der Waals surface area contributed by atoms with E-state index in [1.54, 1.807) is 6.07 Å². The molecule has 5 nitrogen and oxygen atoms in total. The number of aliphatic hydroxyl groups is 1. The maximum absolute atomic E-state index is 12.4. The smallest absolute Gasteiger partial charge is 0.396 e. The van der Waals surface area contributed by atoms with Gasteiger partial charge in [-0.1, -0.05) is 11.6 Å². The van der Waals surface area contributed by atoms with Crippen molar-refractivity contribution in [2.45, 2.75) is 32.1 Å². The number of alkyl halides is 3. The average Bonchev–Trinajstić information content (AvgIpc) is 2.85. The molecule has 1 atom stereocenters. The van der Waals surface area contributed by atoms with E-state index in [-0.39, 0.29) is 17.8 Å². The van der Waals surface area contributed by atoms with Crippen LogP contribution in [0.2, 0.25) is 5.15 Å². The Hall–Kier alpha value is -1.80. The molecule has 9 heteroatoms. The van der Waals surface area contributed by atoms with Gasteiger partial charge < -0.3 is 10.4 Å². The highest BCUT2D eigenvalue weighted by Gasteiger charge is 2.28. The minimum absolute atomic E-state index is 0.0164. The molecule has 0 unspecified atom stereocenters. The van der Waals surface area contributed by atoms with Crippen LogP contribution < -0.4 is 5.32 Å². The lowest BCUT2D eigenvalue weighted by Crippen LogP contribution is -2.18. The number of nitrogens with zero attached hydrogens (tertiary/aromatic N) is 3. The first-order valence-electron chi connectivity index (χ1n) is 6.92. The van der Waals surface area contributed by atoms with Crippen LogP contribution in [-0.2, 0) is 6.54 Å². The highest BCUT2D eigenvalue weighted by Crippen LogP contribution is 2.29. The number of aromatic nitrogens is 3. The third-order valence-electron chi connectivity index (χ3n) is 3.09. The van der Waals surface area contributed by atoms with Crippen LogP contribution >= 0.6 is 11.6 Å². The van der Waals surface area contributed by atoms with Gasteiger partial charge in [-0.3, -0.25) is 4.68 Å². The van der Waals surface area contributed by atoms with E-state index >= 15 is 0 Å². The van der Waals surface area contributed by atoms with Crippen LogP contribution in [0.4, 0.5) is 18.9 Å². The Morgan fingerprint density at radius 1 is 1.43 bits per heavy atom. The second-order valence-corrected chi connectivity index (χ2v) is 5.51. The molecule has 2 rings (SSSR count). The summed E-state index contributed by atoms with van der Waals surface area (Å²) in [6, 6.07) is 3.01. The summed E-state index contributed by atoms with van der Waals surface area (Å²) in [5.41, 5.74) is 1.50. The molecular weight excluding hydrogens is 333 g/mol. The number of rotatable bonds is 6. The van der Waals surface area contributed by atoms with Gasteiger partial charge in [-0.2, -0.15) is 18.3 Å². The number of halogens is 4. The molecule has 0 aliphatic heterocycles. The van der Waals surface area contributed by atoms with Gasteiger partial charge in [0.25, 0.3) is 0 Å². The van der Waals surface area contributed by atoms with Crippen molar-refractivity contribution in [3.63, 3.8) is 0 Å². The van der Waals surface area contributed by atoms with Crippen LogP contribution in [0.1, 0.15) is 13.3 Å². The third-order valence-corrected chi connectivity index (χ3v) is 3.30. The molecule has 0 fully saturated rings. The SMILES string of the molecule is C[C@@H](CCO)Nc1cc(Cl)ncc1-c1ccn(CC(F)(F)F)n1. The van der Waals surface area contributed by atoms with E-state index in [0.717, 1.165) is 4.68 Å². The van der Waals surface area contributed by atoms with Gasteiger partial charge in [0.05, 0.1) is 5.69 Å². The summed E-state index contributed by atoms with van der Waals surface area (Å²) in [4.78, 5) is 3.96. The maximum atomic E-state index is 12.4. The van der Waals surface area contributed by atoms with E-state index in [4.69, 9.17) is 16.7 Å². The molecule has 126 valence electrons. The highest BCUT2D eigenvalue weighted by molar-refractivity contribution is 6.29. The molecule has 0 radical (unpaired) electrons. The second kappa shape index (κ2) is 7.18. The predicted octanol–water partition coefficient (Wildman–Crippen LogP) is 3.34. The quantitative estimate of drug-likeness (QED) is 0.786. The average molecular weight is 349 g/mol. The van der Waals surface area contributed by atoms with Gasteiger partial charge >= 0.3 is 6.18 Å². The monoisotopic (exact) mass is 348 g/mol. The first-order chi connectivity index (χ1) is 10.8. The Morgan fingerprint density at radius 2 is 2.17 bits per heavy atom. The number of hydrogen-bond acceptors (Lipinski definition) is 4. The molecule has 0 saturated heterocycles. The zero-order valence-electron chi connectivity index (χ0n) is 12.3. The summed E-state index contributed by atoms with van der Waals surface area (Å²) < 4.78 is 38.1. The zero-order valence-corrected chi connectivity index (χ0v) is 13.1. The molecule has 23 heavy (non-hydrogen) atoms. The number of aliphatic hydroxyl groups excluding tert-OH is 1. The Morgan fingerprint density at radius 3 is 2.83 bits per heavy atom. The van der Waals surface area contributed by atoms with Gasteiger partial charge in [0.2, 0.25) is 0 Å². The molecule has 0 aliphatic carbocycles. The standard InChI is InChI=1S/C14H16ClF3N4O/c1-9(3-5-23)20-12-6-13(15)19-7-10(12)11-2-4-22(21-11)8-14(16,17)18/h2,4,6-7,9,23H,3,5,8H2,1H3,(H,19,20)/t9-/m0/s1. The third kappa shape index (κ3) is 5.11. The Labute approximate surface area is 136 Å². The van der Waals surface area contributed by atoms with Crippen LogP contribution in [0.5, 0.6) is 0 Å². The molecule has 2 aromatic heterocycles. The van der Waals surface area contributed by atoms with Crippen molar-refractivity contribution < 1.29 is 18.3 Å². The molecule has 0 aliphatic rings. The maximum Gasteiger partial charge on any atom is 0.408 e. The van der Waals surface area contributed by atoms with Crippen molar-refractivity contribution in [2.75, 3.05) is 11.9 Å². The molecule has 0 aromatic carbocycles. The van der Waals surface area contributed by atoms with E-state index in [0.29, 0.717) is 23.4 Å². The number of pyridine rings is 1. The lowest BCUT2D eigenvalue weighted by Gasteiger charge is -2.16. The van der Waals surface area contributed by atoms with Crippen molar-refractivity contribution in [1.29, 1.82) is 0 Å². The van der Waals surface area contributed by atoms with E-state index in [9.17, 15) is 13.2 Å². The number of nitrogens with one attached hydrogen (secondary N) is 1. The van der Waals surface area contributed by atoms with Crippen LogP contribution in [0.15, 0.2) is 24.5 Å². The summed E-state index contributed by atoms with van der Waals surface area (Å²) in [5.74, 6) is 0. The van der Waals surface area contributed by atoms with Gasteiger partial charge in [0.15, 0.2) is 0 Å². The molecular formula is C14H16ClF3N4O. The van der Waals surface area contributed by atoms with Gasteiger partial charge in [-0.15, -0.1) is 0 Å².